The second kappa shape index (κ2) is 9.19. The van der Waals surface area contributed by atoms with Gasteiger partial charge in [0.25, 0.3) is 0 Å². The summed E-state index contributed by atoms with van der Waals surface area (Å²) in [6, 6.07) is 27.0. The van der Waals surface area contributed by atoms with Crippen LogP contribution >= 0.6 is 0 Å². The van der Waals surface area contributed by atoms with Gasteiger partial charge in [0.1, 0.15) is 11.5 Å². The van der Waals surface area contributed by atoms with Crippen molar-refractivity contribution in [2.24, 2.45) is 0 Å². The second-order valence-corrected chi connectivity index (χ2v) is 8.80. The van der Waals surface area contributed by atoms with E-state index < -0.39 is 11.7 Å². The Morgan fingerprint density at radius 1 is 0.816 bits per heavy atom. The molecule has 4 aromatic carbocycles. The van der Waals surface area contributed by atoms with Crippen LogP contribution in [-0.2, 0) is 6.18 Å². The highest BCUT2D eigenvalue weighted by molar-refractivity contribution is 6.16. The van der Waals surface area contributed by atoms with Crippen LogP contribution in [0.3, 0.4) is 0 Å². The third-order valence-electron chi connectivity index (χ3n) is 6.37. The van der Waals surface area contributed by atoms with Crippen LogP contribution in [-0.4, -0.2) is 15.8 Å². The van der Waals surface area contributed by atoms with Crippen molar-refractivity contribution in [1.82, 2.24) is 9.97 Å². The maximum atomic E-state index is 13.8. The molecule has 2 aromatic heterocycles. The van der Waals surface area contributed by atoms with E-state index in [0.717, 1.165) is 17.0 Å². The zero-order valence-electron chi connectivity index (χ0n) is 19.8. The molecule has 38 heavy (non-hydrogen) atoms. The molecule has 0 aliphatic heterocycles. The number of ether oxygens (including phenoxy) is 1. The minimum atomic E-state index is -4.60. The van der Waals surface area contributed by atoms with Crippen LogP contribution in [0.4, 0.5) is 13.2 Å². The highest BCUT2D eigenvalue weighted by Crippen LogP contribution is 2.40. The van der Waals surface area contributed by atoms with E-state index in [1.54, 1.807) is 60.7 Å². The first-order valence-electron chi connectivity index (χ1n) is 11.8. The van der Waals surface area contributed by atoms with Crippen molar-refractivity contribution >= 4 is 27.6 Å². The zero-order chi connectivity index (χ0) is 26.3. The number of rotatable bonds is 5. The van der Waals surface area contributed by atoms with E-state index in [1.807, 2.05) is 30.5 Å². The highest BCUT2D eigenvalue weighted by atomic mass is 19.4. The first kappa shape index (κ1) is 23.5. The third-order valence-corrected chi connectivity index (χ3v) is 6.37. The van der Waals surface area contributed by atoms with Crippen molar-refractivity contribution in [1.29, 1.82) is 0 Å². The molecule has 0 bridgehead atoms. The first-order valence-corrected chi connectivity index (χ1v) is 11.8. The van der Waals surface area contributed by atoms with Gasteiger partial charge in [0.15, 0.2) is 5.78 Å². The number of para-hydroxylation sites is 1. The highest BCUT2D eigenvalue weighted by Gasteiger charge is 2.34. The summed E-state index contributed by atoms with van der Waals surface area (Å²) in [5.41, 5.74) is 1.41. The number of pyridine rings is 1. The number of H-pyrrole nitrogens is 1. The summed E-state index contributed by atoms with van der Waals surface area (Å²) in [4.78, 5) is 20.8. The van der Waals surface area contributed by atoms with Gasteiger partial charge in [-0.15, -0.1) is 0 Å². The molecule has 0 spiro atoms. The molecule has 1 N–H and O–H groups in total. The molecule has 0 amide bonds. The fourth-order valence-electron chi connectivity index (χ4n) is 4.63. The Labute approximate surface area is 215 Å². The van der Waals surface area contributed by atoms with Crippen molar-refractivity contribution < 1.29 is 22.7 Å². The molecule has 2 heterocycles. The molecule has 0 atom stereocenters. The minimum Gasteiger partial charge on any atom is -0.457 e. The lowest BCUT2D eigenvalue weighted by Crippen LogP contribution is -2.09. The Balaban J connectivity index is 1.52. The van der Waals surface area contributed by atoms with Crippen LogP contribution in [0.25, 0.3) is 32.9 Å². The lowest BCUT2D eigenvalue weighted by Gasteiger charge is -2.16. The number of hydrogen-bond acceptors (Lipinski definition) is 3. The third kappa shape index (κ3) is 4.28. The number of fused-ring (bicyclic) bond motifs is 2. The molecule has 7 heteroatoms. The first-order chi connectivity index (χ1) is 18.4. The molecule has 0 aliphatic carbocycles. The van der Waals surface area contributed by atoms with E-state index in [0.29, 0.717) is 28.2 Å². The molecule has 6 aromatic rings. The Hall–Kier alpha value is -4.91. The number of nitrogens with zero attached hydrogens (tertiary/aromatic N) is 1. The van der Waals surface area contributed by atoms with E-state index in [-0.39, 0.29) is 22.2 Å². The quantitative estimate of drug-likeness (QED) is 0.238. The van der Waals surface area contributed by atoms with Crippen LogP contribution in [0, 0.1) is 0 Å². The molecule has 186 valence electrons. The summed E-state index contributed by atoms with van der Waals surface area (Å²) in [6.07, 6.45) is -1.53. The summed E-state index contributed by atoms with van der Waals surface area (Å²) in [7, 11) is 0. The molecule has 6 rings (SSSR count). The Morgan fingerprint density at radius 2 is 1.61 bits per heavy atom. The van der Waals surface area contributed by atoms with Gasteiger partial charge in [-0.3, -0.25) is 9.78 Å². The van der Waals surface area contributed by atoms with Gasteiger partial charge in [-0.05, 0) is 48.0 Å². The normalized spacial score (nSPS) is 11.7. The average Bonchev–Trinajstić information content (AvgIpc) is 3.40. The van der Waals surface area contributed by atoms with Gasteiger partial charge in [0.2, 0.25) is 0 Å². The zero-order valence-corrected chi connectivity index (χ0v) is 19.8. The molecule has 4 nitrogen and oxygen atoms in total. The van der Waals surface area contributed by atoms with Gasteiger partial charge in [-0.2, -0.15) is 13.2 Å². The Kier molecular flexibility index (Phi) is 5.68. The van der Waals surface area contributed by atoms with Crippen molar-refractivity contribution in [3.63, 3.8) is 0 Å². The molecule has 0 aliphatic rings. The van der Waals surface area contributed by atoms with Crippen molar-refractivity contribution in [3.8, 4) is 22.6 Å². The lowest BCUT2D eigenvalue weighted by atomic mass is 9.91. The van der Waals surface area contributed by atoms with Crippen molar-refractivity contribution in [3.05, 3.63) is 126 Å². The second-order valence-electron chi connectivity index (χ2n) is 8.80. The van der Waals surface area contributed by atoms with Crippen LogP contribution in [0.15, 0.2) is 109 Å². The number of ketones is 1. The SMILES string of the molecule is O=C(c1ccccc1)c1cnc2c(C(F)(F)F)cccc2c1-c1cccc(Oc2ccc3[nH]ccc3c2)c1. The summed E-state index contributed by atoms with van der Waals surface area (Å²) >= 11 is 0. The number of carbonyl (C=O) groups excluding carboxylic acids is 1. The largest absolute Gasteiger partial charge is 0.457 e. The average molecular weight is 508 g/mol. The number of halogens is 3. The minimum absolute atomic E-state index is 0.203. The molecule has 0 saturated heterocycles. The van der Waals surface area contributed by atoms with E-state index in [9.17, 15) is 18.0 Å². The fraction of sp³-hybridized carbons (Fsp3) is 0.0323. The van der Waals surface area contributed by atoms with Gasteiger partial charge < -0.3 is 9.72 Å². The van der Waals surface area contributed by atoms with Gasteiger partial charge >= 0.3 is 6.18 Å². The predicted octanol–water partition coefficient (Wildman–Crippen LogP) is 8.43. The smallest absolute Gasteiger partial charge is 0.418 e. The number of benzene rings is 4. The number of alkyl halides is 3. The molecule has 0 radical (unpaired) electrons. The van der Waals surface area contributed by atoms with Crippen LogP contribution in [0.2, 0.25) is 0 Å². The topological polar surface area (TPSA) is 55.0 Å². The number of aromatic nitrogens is 2. The number of hydrogen-bond donors (Lipinski definition) is 1. The van der Waals surface area contributed by atoms with Gasteiger partial charge in [-0.25, -0.2) is 0 Å². The van der Waals surface area contributed by atoms with E-state index in [2.05, 4.69) is 9.97 Å². The molecule has 0 saturated carbocycles. The summed E-state index contributed by atoms with van der Waals surface area (Å²) < 4.78 is 47.6. The number of nitrogens with one attached hydrogen (secondary N) is 1. The van der Waals surface area contributed by atoms with Gasteiger partial charge in [0, 0.05) is 45.4 Å². The predicted molar refractivity (Wildman–Crippen MR) is 140 cm³/mol. The standard InChI is InChI=1S/C31H19F3N2O2/c32-31(33,34)26-11-5-10-24-28(25(18-36-29(24)26)30(37)19-6-2-1-3-7-19)21-8-4-9-22(17-21)38-23-12-13-27-20(16-23)14-15-35-27/h1-18,35H. The van der Waals surface area contributed by atoms with Gasteiger partial charge in [0.05, 0.1) is 11.1 Å². The molecule has 0 unspecified atom stereocenters. The summed E-state index contributed by atoms with van der Waals surface area (Å²) in [5, 5.41) is 1.21. The lowest BCUT2D eigenvalue weighted by molar-refractivity contribution is -0.136. The molecular formula is C31H19F3N2O2. The van der Waals surface area contributed by atoms with E-state index in [1.165, 1.54) is 12.3 Å². The number of carbonyl (C=O) groups is 1. The van der Waals surface area contributed by atoms with Crippen molar-refractivity contribution in [2.45, 2.75) is 6.18 Å². The van der Waals surface area contributed by atoms with E-state index in [4.69, 9.17) is 4.74 Å². The monoisotopic (exact) mass is 508 g/mol. The fourth-order valence-corrected chi connectivity index (χ4v) is 4.63. The molecular weight excluding hydrogens is 489 g/mol. The number of aromatic amines is 1. The maximum absolute atomic E-state index is 13.8. The molecule has 0 fully saturated rings. The van der Waals surface area contributed by atoms with E-state index >= 15 is 0 Å². The van der Waals surface area contributed by atoms with Crippen LogP contribution in [0.1, 0.15) is 21.5 Å². The van der Waals surface area contributed by atoms with Crippen LogP contribution in [0.5, 0.6) is 11.5 Å². The van der Waals surface area contributed by atoms with Crippen molar-refractivity contribution in [2.75, 3.05) is 0 Å². The maximum Gasteiger partial charge on any atom is 0.418 e. The van der Waals surface area contributed by atoms with Gasteiger partial charge in [-0.1, -0.05) is 54.6 Å². The summed E-state index contributed by atoms with van der Waals surface area (Å²) in [5.74, 6) is 0.748. The summed E-state index contributed by atoms with van der Waals surface area (Å²) in [6.45, 7) is 0. The van der Waals surface area contributed by atoms with Crippen LogP contribution < -0.4 is 4.74 Å². The Morgan fingerprint density at radius 3 is 2.42 bits per heavy atom. The Bertz CT molecular complexity index is 1810.